The molecule has 0 saturated heterocycles. The molecule has 1 amide bonds. The molecule has 5 nitrogen and oxygen atoms in total. The fourth-order valence-electron chi connectivity index (χ4n) is 3.23. The van der Waals surface area contributed by atoms with E-state index in [4.69, 9.17) is 9.47 Å². The molecule has 0 atom stereocenters. The van der Waals surface area contributed by atoms with Crippen molar-refractivity contribution in [3.05, 3.63) is 102 Å². The van der Waals surface area contributed by atoms with Crippen LogP contribution in [-0.2, 0) is 20.9 Å². The summed E-state index contributed by atoms with van der Waals surface area (Å²) in [4.78, 5) is 27.0. The molecule has 0 unspecified atom stereocenters. The van der Waals surface area contributed by atoms with E-state index in [2.05, 4.69) is 0 Å². The molecule has 0 aliphatic carbocycles. The van der Waals surface area contributed by atoms with Crippen molar-refractivity contribution in [3.63, 3.8) is 0 Å². The minimum Gasteiger partial charge on any atom is -0.488 e. The van der Waals surface area contributed by atoms with Crippen LogP contribution in [0.25, 0.3) is 6.08 Å². The normalized spacial score (nSPS) is 12.2. The van der Waals surface area contributed by atoms with Gasteiger partial charge in [0.1, 0.15) is 12.4 Å². The molecule has 1 heterocycles. The second kappa shape index (κ2) is 9.09. The minimum atomic E-state index is -0.550. The monoisotopic (exact) mass is 399 g/mol. The third kappa shape index (κ3) is 4.58. The molecule has 0 fully saturated rings. The average Bonchev–Trinajstić information content (AvgIpc) is 2.81. The second-order valence-corrected chi connectivity index (χ2v) is 6.87. The Bertz CT molecular complexity index is 1060. The molecule has 1 aliphatic rings. The van der Waals surface area contributed by atoms with E-state index in [1.807, 2.05) is 84.9 Å². The summed E-state index contributed by atoms with van der Waals surface area (Å²) in [5.41, 5.74) is 2.94. The molecule has 4 rings (SSSR count). The Balaban J connectivity index is 1.45. The molecule has 3 aromatic carbocycles. The minimum absolute atomic E-state index is 0.121. The highest BCUT2D eigenvalue weighted by molar-refractivity contribution is 5.99. The van der Waals surface area contributed by atoms with E-state index in [1.165, 1.54) is 0 Å². The standard InChI is InChI=1S/C25H21NO4/c27-24(18-30-25(28)21-15-20-11-7-8-14-23(20)29-17-21)26(22-12-5-2-6-13-22)16-19-9-3-1-4-10-19/h1-15H,16-18H2. The molecule has 150 valence electrons. The molecule has 0 bridgehead atoms. The molecule has 0 saturated carbocycles. The lowest BCUT2D eigenvalue weighted by atomic mass is 10.1. The van der Waals surface area contributed by atoms with Gasteiger partial charge in [-0.2, -0.15) is 0 Å². The third-order valence-corrected chi connectivity index (χ3v) is 4.77. The van der Waals surface area contributed by atoms with Crippen LogP contribution in [-0.4, -0.2) is 25.1 Å². The molecule has 5 heteroatoms. The average molecular weight is 399 g/mol. The van der Waals surface area contributed by atoms with Crippen molar-refractivity contribution in [3.8, 4) is 5.75 Å². The van der Waals surface area contributed by atoms with Crippen molar-refractivity contribution in [1.82, 2.24) is 0 Å². The van der Waals surface area contributed by atoms with Crippen LogP contribution in [0.1, 0.15) is 11.1 Å². The number of ether oxygens (including phenoxy) is 2. The molecular weight excluding hydrogens is 378 g/mol. The second-order valence-electron chi connectivity index (χ2n) is 6.87. The van der Waals surface area contributed by atoms with Crippen molar-refractivity contribution in [2.24, 2.45) is 0 Å². The zero-order valence-electron chi connectivity index (χ0n) is 16.4. The molecule has 0 aromatic heterocycles. The number of hydrogen-bond donors (Lipinski definition) is 0. The first-order valence-electron chi connectivity index (χ1n) is 9.69. The predicted molar refractivity (Wildman–Crippen MR) is 115 cm³/mol. The largest absolute Gasteiger partial charge is 0.488 e. The van der Waals surface area contributed by atoms with Gasteiger partial charge in [-0.1, -0.05) is 66.7 Å². The van der Waals surface area contributed by atoms with E-state index in [9.17, 15) is 9.59 Å². The van der Waals surface area contributed by atoms with Crippen molar-refractivity contribution < 1.29 is 19.1 Å². The van der Waals surface area contributed by atoms with Gasteiger partial charge in [0.05, 0.1) is 12.1 Å². The van der Waals surface area contributed by atoms with Crippen molar-refractivity contribution in [2.75, 3.05) is 18.1 Å². The number of esters is 1. The first-order chi connectivity index (χ1) is 14.7. The first kappa shape index (κ1) is 19.5. The molecule has 3 aromatic rings. The maximum Gasteiger partial charge on any atom is 0.338 e. The van der Waals surface area contributed by atoms with E-state index in [1.54, 1.807) is 11.0 Å². The number of para-hydroxylation sites is 2. The van der Waals surface area contributed by atoms with Crippen LogP contribution in [0.5, 0.6) is 5.75 Å². The number of carbonyl (C=O) groups is 2. The van der Waals surface area contributed by atoms with Crippen LogP contribution < -0.4 is 9.64 Å². The number of rotatable bonds is 6. The van der Waals surface area contributed by atoms with Gasteiger partial charge in [-0.3, -0.25) is 4.79 Å². The fourth-order valence-corrected chi connectivity index (χ4v) is 3.23. The van der Waals surface area contributed by atoms with E-state index in [0.29, 0.717) is 12.1 Å². The Morgan fingerprint density at radius 3 is 2.30 bits per heavy atom. The van der Waals surface area contributed by atoms with Crippen LogP contribution in [0.3, 0.4) is 0 Å². The van der Waals surface area contributed by atoms with Gasteiger partial charge < -0.3 is 14.4 Å². The summed E-state index contributed by atoms with van der Waals surface area (Å²) < 4.78 is 10.9. The van der Waals surface area contributed by atoms with E-state index < -0.39 is 5.97 Å². The fraction of sp³-hybridized carbons (Fsp3) is 0.120. The summed E-state index contributed by atoms with van der Waals surface area (Å²) >= 11 is 0. The molecule has 1 aliphatic heterocycles. The highest BCUT2D eigenvalue weighted by Crippen LogP contribution is 2.26. The van der Waals surface area contributed by atoms with E-state index in [-0.39, 0.29) is 19.1 Å². The topological polar surface area (TPSA) is 55.8 Å². The van der Waals surface area contributed by atoms with Gasteiger partial charge in [-0.05, 0) is 29.8 Å². The Hall–Kier alpha value is -3.86. The van der Waals surface area contributed by atoms with Crippen LogP contribution in [0.2, 0.25) is 0 Å². The Morgan fingerprint density at radius 2 is 1.53 bits per heavy atom. The third-order valence-electron chi connectivity index (χ3n) is 4.77. The van der Waals surface area contributed by atoms with Crippen LogP contribution in [0.4, 0.5) is 5.69 Å². The molecule has 0 radical (unpaired) electrons. The number of amides is 1. The van der Waals surface area contributed by atoms with Crippen LogP contribution in [0, 0.1) is 0 Å². The van der Waals surface area contributed by atoms with Crippen LogP contribution >= 0.6 is 0 Å². The number of fused-ring (bicyclic) bond motifs is 1. The predicted octanol–water partition coefficient (Wildman–Crippen LogP) is 4.24. The Labute approximate surface area is 175 Å². The maximum absolute atomic E-state index is 12.9. The smallest absolute Gasteiger partial charge is 0.338 e. The van der Waals surface area contributed by atoms with Crippen LogP contribution in [0.15, 0.2) is 90.5 Å². The van der Waals surface area contributed by atoms with Gasteiger partial charge >= 0.3 is 5.97 Å². The number of hydrogen-bond acceptors (Lipinski definition) is 4. The highest BCUT2D eigenvalue weighted by atomic mass is 16.5. The lowest BCUT2D eigenvalue weighted by Crippen LogP contribution is -2.34. The molecular formula is C25H21NO4. The maximum atomic E-state index is 12.9. The summed E-state index contributed by atoms with van der Waals surface area (Å²) in [6, 6.07) is 26.5. The molecule has 0 spiro atoms. The van der Waals surface area contributed by atoms with Crippen molar-refractivity contribution in [2.45, 2.75) is 6.54 Å². The number of anilines is 1. The highest BCUT2D eigenvalue weighted by Gasteiger charge is 2.22. The summed E-state index contributed by atoms with van der Waals surface area (Å²) in [5.74, 6) is -0.120. The van der Waals surface area contributed by atoms with Gasteiger partial charge in [0, 0.05) is 11.3 Å². The molecule has 0 N–H and O–H groups in total. The number of nitrogens with zero attached hydrogens (tertiary/aromatic N) is 1. The summed E-state index contributed by atoms with van der Waals surface area (Å²) in [6.07, 6.45) is 1.74. The van der Waals surface area contributed by atoms with E-state index >= 15 is 0 Å². The first-order valence-corrected chi connectivity index (χ1v) is 9.69. The summed E-state index contributed by atoms with van der Waals surface area (Å²) in [7, 11) is 0. The number of benzene rings is 3. The summed E-state index contributed by atoms with van der Waals surface area (Å²) in [5, 5.41) is 0. The molecule has 30 heavy (non-hydrogen) atoms. The van der Waals surface area contributed by atoms with Gasteiger partial charge in [0.15, 0.2) is 6.61 Å². The van der Waals surface area contributed by atoms with Gasteiger partial charge in [0.2, 0.25) is 0 Å². The quantitative estimate of drug-likeness (QED) is 0.582. The zero-order chi connectivity index (χ0) is 20.8. The lowest BCUT2D eigenvalue weighted by molar-refractivity contribution is -0.144. The van der Waals surface area contributed by atoms with Crippen molar-refractivity contribution >= 4 is 23.6 Å². The van der Waals surface area contributed by atoms with Gasteiger partial charge in [-0.25, -0.2) is 4.79 Å². The summed E-state index contributed by atoms with van der Waals surface area (Å²) in [6.45, 7) is 0.163. The Morgan fingerprint density at radius 1 is 0.867 bits per heavy atom. The Kier molecular flexibility index (Phi) is 5.90. The lowest BCUT2D eigenvalue weighted by Gasteiger charge is -2.23. The van der Waals surface area contributed by atoms with Crippen molar-refractivity contribution in [1.29, 1.82) is 0 Å². The zero-order valence-corrected chi connectivity index (χ0v) is 16.4. The van der Waals surface area contributed by atoms with Gasteiger partial charge in [0.25, 0.3) is 5.91 Å². The van der Waals surface area contributed by atoms with E-state index in [0.717, 1.165) is 22.6 Å². The SMILES string of the molecule is O=C(OCC(=O)N(Cc1ccccc1)c1ccccc1)C1=Cc2ccccc2OC1. The number of carbonyl (C=O) groups excluding carboxylic acids is 2. The van der Waals surface area contributed by atoms with Gasteiger partial charge in [-0.15, -0.1) is 0 Å².